The zero-order valence-corrected chi connectivity index (χ0v) is 30.0. The highest BCUT2D eigenvalue weighted by Gasteiger charge is 2.34. The molecule has 6 aromatic rings. The summed E-state index contributed by atoms with van der Waals surface area (Å²) < 4.78 is 39.1. The summed E-state index contributed by atoms with van der Waals surface area (Å²) in [5.41, 5.74) is 10.4. The van der Waals surface area contributed by atoms with Crippen LogP contribution in [-0.2, 0) is 17.8 Å². The van der Waals surface area contributed by atoms with Crippen molar-refractivity contribution < 1.29 is 18.3 Å². The topological polar surface area (TPSA) is 71.7 Å². The van der Waals surface area contributed by atoms with Crippen molar-refractivity contribution in [1.29, 1.82) is 0 Å². The normalized spacial score (nSPS) is 16.4. The quantitative estimate of drug-likeness (QED) is 0.152. The lowest BCUT2D eigenvalue weighted by Gasteiger charge is -2.36. The van der Waals surface area contributed by atoms with Gasteiger partial charge in [0.05, 0.1) is 36.4 Å². The van der Waals surface area contributed by atoms with Crippen LogP contribution in [0.4, 0.5) is 25.0 Å². The molecule has 0 bridgehead atoms. The minimum Gasteiger partial charge on any atom is -0.442 e. The molecular formula is C42H41F2N7O2. The summed E-state index contributed by atoms with van der Waals surface area (Å²) in [5, 5.41) is 8.51. The van der Waals surface area contributed by atoms with Crippen LogP contribution in [0.15, 0.2) is 103 Å². The van der Waals surface area contributed by atoms with Gasteiger partial charge < -0.3 is 14.2 Å². The number of piperazine rings is 1. The number of rotatable bonds is 9. The number of ether oxygens (including phenoxy) is 1. The number of cyclic esters (lactones) is 1. The molecule has 0 saturated carbocycles. The summed E-state index contributed by atoms with van der Waals surface area (Å²) in [6, 6.07) is 30.2. The molecular weight excluding hydrogens is 673 g/mol. The van der Waals surface area contributed by atoms with Crippen molar-refractivity contribution in [1.82, 2.24) is 24.5 Å². The number of carbonyl (C=O) groups excluding carboxylic acids is 1. The van der Waals surface area contributed by atoms with Crippen molar-refractivity contribution in [3.8, 4) is 28.2 Å². The Morgan fingerprint density at radius 1 is 0.830 bits per heavy atom. The first-order valence-corrected chi connectivity index (χ1v) is 18.0. The maximum atomic E-state index is 15.7. The minimum absolute atomic E-state index is 0.264. The van der Waals surface area contributed by atoms with Crippen molar-refractivity contribution in [2.24, 2.45) is 0 Å². The summed E-state index contributed by atoms with van der Waals surface area (Å²) in [6.45, 7) is 10.5. The van der Waals surface area contributed by atoms with E-state index in [1.807, 2.05) is 61.7 Å². The van der Waals surface area contributed by atoms with Crippen molar-refractivity contribution in [3.05, 3.63) is 137 Å². The number of halogens is 2. The standard InChI is InChI=1S/C42H41F2N7O2/c1-28-7-6-9-31(21-28)39-27-49(46-45-39)25-36-26-50(42(52)53-36)35-15-16-40(38(44)23-35)48-19-17-47(18-20-48)24-32-22-41(37-10-5-4-8-29(37)2)51(30(32)3)34-13-11-33(43)12-14-34/h4-16,21-23,27,36H,17-20,24-26H2,1-3H3/t36-/m0/s1. The number of nitrogens with zero attached hydrogens (tertiary/aromatic N) is 7. The zero-order valence-electron chi connectivity index (χ0n) is 30.0. The zero-order chi connectivity index (χ0) is 36.6. The molecule has 53 heavy (non-hydrogen) atoms. The first-order valence-electron chi connectivity index (χ1n) is 18.0. The molecule has 270 valence electrons. The molecule has 2 aromatic heterocycles. The average Bonchev–Trinajstić information content (AvgIpc) is 3.86. The Labute approximate surface area is 307 Å². The van der Waals surface area contributed by atoms with Gasteiger partial charge in [0.15, 0.2) is 0 Å². The first-order chi connectivity index (χ1) is 25.7. The van der Waals surface area contributed by atoms with Crippen molar-refractivity contribution in [2.45, 2.75) is 40.0 Å². The second-order valence-electron chi connectivity index (χ2n) is 14.0. The van der Waals surface area contributed by atoms with Gasteiger partial charge in [-0.2, -0.15) is 0 Å². The lowest BCUT2D eigenvalue weighted by atomic mass is 10.1. The van der Waals surface area contributed by atoms with E-state index in [-0.39, 0.29) is 18.2 Å². The number of benzene rings is 4. The van der Waals surface area contributed by atoms with Gasteiger partial charge in [0.2, 0.25) is 0 Å². The smallest absolute Gasteiger partial charge is 0.414 e. The maximum Gasteiger partial charge on any atom is 0.414 e. The summed E-state index contributed by atoms with van der Waals surface area (Å²) >= 11 is 0. The van der Waals surface area contributed by atoms with E-state index in [9.17, 15) is 9.18 Å². The maximum absolute atomic E-state index is 15.7. The van der Waals surface area contributed by atoms with Crippen LogP contribution < -0.4 is 9.80 Å². The van der Waals surface area contributed by atoms with E-state index in [1.165, 1.54) is 34.2 Å². The summed E-state index contributed by atoms with van der Waals surface area (Å²) in [4.78, 5) is 18.8. The van der Waals surface area contributed by atoms with E-state index in [0.717, 1.165) is 59.1 Å². The summed E-state index contributed by atoms with van der Waals surface area (Å²) in [5.74, 6) is -0.638. The lowest BCUT2D eigenvalue weighted by Crippen LogP contribution is -2.46. The summed E-state index contributed by atoms with van der Waals surface area (Å²) in [6.07, 6.45) is 0.881. The number of hydrogen-bond acceptors (Lipinski definition) is 6. The molecule has 2 aliphatic rings. The Morgan fingerprint density at radius 2 is 1.60 bits per heavy atom. The second kappa shape index (κ2) is 14.3. The monoisotopic (exact) mass is 713 g/mol. The van der Waals surface area contributed by atoms with Gasteiger partial charge in [0, 0.05) is 55.2 Å². The molecule has 9 nitrogen and oxygen atoms in total. The molecule has 2 aliphatic heterocycles. The third-order valence-corrected chi connectivity index (χ3v) is 10.3. The van der Waals surface area contributed by atoms with Gasteiger partial charge in [0.1, 0.15) is 23.4 Å². The van der Waals surface area contributed by atoms with E-state index in [4.69, 9.17) is 4.74 Å². The highest BCUT2D eigenvalue weighted by atomic mass is 19.1. The van der Waals surface area contributed by atoms with Crippen LogP contribution >= 0.6 is 0 Å². The average molecular weight is 714 g/mol. The Hall–Kier alpha value is -5.81. The van der Waals surface area contributed by atoms with Crippen molar-refractivity contribution in [3.63, 3.8) is 0 Å². The van der Waals surface area contributed by atoms with Gasteiger partial charge in [-0.15, -0.1) is 5.10 Å². The SMILES string of the molecule is Cc1cccc(-c2cn(C[C@H]3CN(c4ccc(N5CCN(Cc6cc(-c7ccccc7C)n(-c7ccc(F)cc7)c6C)CC5)c(F)c4)C(=O)O3)nn2)c1. The van der Waals surface area contributed by atoms with Gasteiger partial charge >= 0.3 is 6.09 Å². The number of hydrogen-bond donors (Lipinski definition) is 0. The highest BCUT2D eigenvalue weighted by Crippen LogP contribution is 2.33. The first kappa shape index (κ1) is 34.3. The molecule has 1 atom stereocenters. The Morgan fingerprint density at radius 3 is 2.36 bits per heavy atom. The Kier molecular flexibility index (Phi) is 9.26. The molecule has 11 heteroatoms. The third kappa shape index (κ3) is 7.04. The molecule has 1 amide bonds. The van der Waals surface area contributed by atoms with E-state index in [0.29, 0.717) is 31.0 Å². The number of amides is 1. The molecule has 0 spiro atoms. The molecule has 4 heterocycles. The second-order valence-corrected chi connectivity index (χ2v) is 14.0. The van der Waals surface area contributed by atoms with Crippen LogP contribution in [0.25, 0.3) is 28.2 Å². The van der Waals surface area contributed by atoms with Gasteiger partial charge in [-0.1, -0.05) is 53.2 Å². The highest BCUT2D eigenvalue weighted by molar-refractivity contribution is 5.90. The molecule has 0 unspecified atom stereocenters. The van der Waals surface area contributed by atoms with Crippen LogP contribution in [-0.4, -0.2) is 69.4 Å². The molecule has 0 radical (unpaired) electrons. The third-order valence-electron chi connectivity index (χ3n) is 10.3. The van der Waals surface area contributed by atoms with Gasteiger partial charge in [-0.25, -0.2) is 18.3 Å². The van der Waals surface area contributed by atoms with Gasteiger partial charge in [0.25, 0.3) is 0 Å². The minimum atomic E-state index is -0.510. The largest absolute Gasteiger partial charge is 0.442 e. The molecule has 2 saturated heterocycles. The Bertz CT molecular complexity index is 2270. The van der Waals surface area contributed by atoms with Crippen molar-refractivity contribution in [2.75, 3.05) is 42.5 Å². The molecule has 2 fully saturated rings. The van der Waals surface area contributed by atoms with E-state index < -0.39 is 12.2 Å². The number of carbonyl (C=O) groups is 1. The molecule has 0 N–H and O–H groups in total. The lowest BCUT2D eigenvalue weighted by molar-refractivity contribution is 0.129. The van der Waals surface area contributed by atoms with E-state index >= 15 is 4.39 Å². The van der Waals surface area contributed by atoms with Gasteiger partial charge in [-0.3, -0.25) is 9.80 Å². The van der Waals surface area contributed by atoms with Gasteiger partial charge in [-0.05, 0) is 86.5 Å². The fraction of sp³-hybridized carbons (Fsp3) is 0.262. The number of anilines is 2. The molecule has 4 aromatic carbocycles. The predicted molar refractivity (Wildman–Crippen MR) is 202 cm³/mol. The molecule has 8 rings (SSSR count). The van der Waals surface area contributed by atoms with Crippen LogP contribution in [0.2, 0.25) is 0 Å². The van der Waals surface area contributed by atoms with E-state index in [2.05, 4.69) is 56.7 Å². The van der Waals surface area contributed by atoms with Crippen LogP contribution in [0.5, 0.6) is 0 Å². The van der Waals surface area contributed by atoms with E-state index in [1.54, 1.807) is 16.8 Å². The fourth-order valence-electron chi connectivity index (χ4n) is 7.47. The van der Waals surface area contributed by atoms with Crippen molar-refractivity contribution >= 4 is 17.5 Å². The van der Waals surface area contributed by atoms with Crippen LogP contribution in [0, 0.1) is 32.4 Å². The number of aryl methyl sites for hydroxylation is 2. The fourth-order valence-corrected chi connectivity index (χ4v) is 7.47. The predicted octanol–water partition coefficient (Wildman–Crippen LogP) is 7.95. The Balaban J connectivity index is 0.912. The number of aromatic nitrogens is 4. The summed E-state index contributed by atoms with van der Waals surface area (Å²) in [7, 11) is 0. The van der Waals surface area contributed by atoms with Crippen LogP contribution in [0.3, 0.4) is 0 Å². The van der Waals surface area contributed by atoms with Crippen LogP contribution in [0.1, 0.15) is 22.4 Å². The molecule has 0 aliphatic carbocycles.